The third kappa shape index (κ3) is 4.00. The number of carboxylic acids is 1. The van der Waals surface area contributed by atoms with Gasteiger partial charge < -0.3 is 10.4 Å². The van der Waals surface area contributed by atoms with Gasteiger partial charge in [0.05, 0.1) is 5.92 Å². The summed E-state index contributed by atoms with van der Waals surface area (Å²) >= 11 is 0. The van der Waals surface area contributed by atoms with Crippen LogP contribution in [0.15, 0.2) is 18.2 Å². The van der Waals surface area contributed by atoms with Gasteiger partial charge in [-0.3, -0.25) is 4.79 Å². The minimum Gasteiger partial charge on any atom is -0.481 e. The van der Waals surface area contributed by atoms with Crippen molar-refractivity contribution in [2.75, 3.05) is 6.54 Å². The van der Waals surface area contributed by atoms with E-state index in [0.29, 0.717) is 12.1 Å². The molecule has 0 aromatic heterocycles. The van der Waals surface area contributed by atoms with Gasteiger partial charge in [-0.05, 0) is 49.9 Å². The first-order valence-electron chi connectivity index (χ1n) is 7.40. The summed E-state index contributed by atoms with van der Waals surface area (Å²) in [6.07, 6.45) is 3.64. The van der Waals surface area contributed by atoms with Crippen molar-refractivity contribution < 1.29 is 18.7 Å². The summed E-state index contributed by atoms with van der Waals surface area (Å²) in [5.41, 5.74) is 0.664. The Labute approximate surface area is 123 Å². The number of carbonyl (C=O) groups is 1. The fourth-order valence-corrected chi connectivity index (χ4v) is 3.00. The Balaban J connectivity index is 1.94. The molecular weight excluding hydrogens is 276 g/mol. The van der Waals surface area contributed by atoms with Gasteiger partial charge >= 0.3 is 5.97 Å². The Hall–Kier alpha value is -1.49. The maximum atomic E-state index is 13.2. The zero-order chi connectivity index (χ0) is 15.4. The molecule has 5 heteroatoms. The summed E-state index contributed by atoms with van der Waals surface area (Å²) in [7, 11) is 0. The van der Waals surface area contributed by atoms with E-state index in [4.69, 9.17) is 0 Å². The van der Waals surface area contributed by atoms with E-state index in [0.717, 1.165) is 31.7 Å². The van der Waals surface area contributed by atoms with Crippen molar-refractivity contribution in [2.24, 2.45) is 11.8 Å². The van der Waals surface area contributed by atoms with Crippen LogP contribution in [0.5, 0.6) is 0 Å². The second-order valence-corrected chi connectivity index (χ2v) is 5.79. The smallest absolute Gasteiger partial charge is 0.306 e. The Morgan fingerprint density at radius 3 is 2.71 bits per heavy atom. The number of hydrogen-bond acceptors (Lipinski definition) is 2. The lowest BCUT2D eigenvalue weighted by Crippen LogP contribution is -2.35. The van der Waals surface area contributed by atoms with E-state index in [1.165, 1.54) is 6.07 Å². The molecule has 2 N–H and O–H groups in total. The highest BCUT2D eigenvalue weighted by molar-refractivity contribution is 5.70. The highest BCUT2D eigenvalue weighted by atomic mass is 19.2. The Morgan fingerprint density at radius 1 is 1.33 bits per heavy atom. The monoisotopic (exact) mass is 297 g/mol. The summed E-state index contributed by atoms with van der Waals surface area (Å²) in [6, 6.07) is 3.70. The molecule has 3 nitrogen and oxygen atoms in total. The molecule has 0 heterocycles. The maximum absolute atomic E-state index is 13.2. The van der Waals surface area contributed by atoms with Gasteiger partial charge in [0.1, 0.15) is 0 Å². The summed E-state index contributed by atoms with van der Waals surface area (Å²) in [4.78, 5) is 11.2. The first-order chi connectivity index (χ1) is 9.99. The van der Waals surface area contributed by atoms with Crippen LogP contribution in [0.1, 0.15) is 44.2 Å². The maximum Gasteiger partial charge on any atom is 0.306 e. The van der Waals surface area contributed by atoms with Crippen molar-refractivity contribution in [1.29, 1.82) is 0 Å². The van der Waals surface area contributed by atoms with Gasteiger partial charge in [-0.25, -0.2) is 8.78 Å². The van der Waals surface area contributed by atoms with E-state index in [1.807, 2.05) is 6.92 Å². The topological polar surface area (TPSA) is 49.3 Å². The molecule has 0 aliphatic heterocycles. The minimum absolute atomic E-state index is 0.101. The lowest BCUT2D eigenvalue weighted by Gasteiger charge is -2.30. The van der Waals surface area contributed by atoms with E-state index in [-0.39, 0.29) is 17.9 Å². The molecule has 1 saturated carbocycles. The molecule has 1 aliphatic carbocycles. The molecular formula is C16H21F2NO2. The molecule has 2 rings (SSSR count). The van der Waals surface area contributed by atoms with Gasteiger partial charge in [0.2, 0.25) is 0 Å². The molecule has 1 aromatic rings. The normalized spacial score (nSPS) is 23.8. The predicted molar refractivity (Wildman–Crippen MR) is 75.9 cm³/mol. The quantitative estimate of drug-likeness (QED) is 0.874. The second kappa shape index (κ2) is 6.98. The Bertz CT molecular complexity index is 507. The van der Waals surface area contributed by atoms with Crippen LogP contribution >= 0.6 is 0 Å². The van der Waals surface area contributed by atoms with E-state index < -0.39 is 17.6 Å². The zero-order valence-electron chi connectivity index (χ0n) is 12.1. The molecule has 21 heavy (non-hydrogen) atoms. The summed E-state index contributed by atoms with van der Waals surface area (Å²) in [6.45, 7) is 2.45. The molecule has 0 spiro atoms. The van der Waals surface area contributed by atoms with Crippen LogP contribution < -0.4 is 5.32 Å². The van der Waals surface area contributed by atoms with Crippen LogP contribution in [0.25, 0.3) is 0 Å². The van der Waals surface area contributed by atoms with Gasteiger partial charge in [0.25, 0.3) is 0 Å². The van der Waals surface area contributed by atoms with Gasteiger partial charge in [0, 0.05) is 6.04 Å². The third-order valence-corrected chi connectivity index (χ3v) is 4.36. The second-order valence-electron chi connectivity index (χ2n) is 5.79. The molecule has 116 valence electrons. The molecule has 1 aromatic carbocycles. The molecule has 1 aliphatic rings. The molecule has 0 bridgehead atoms. The van der Waals surface area contributed by atoms with Gasteiger partial charge in [-0.2, -0.15) is 0 Å². The molecule has 0 saturated heterocycles. The van der Waals surface area contributed by atoms with Crippen molar-refractivity contribution in [1.82, 2.24) is 5.32 Å². The minimum atomic E-state index is -0.859. The molecule has 0 radical (unpaired) electrons. The Kier molecular flexibility index (Phi) is 5.28. The average Bonchev–Trinajstić information content (AvgIpc) is 2.47. The van der Waals surface area contributed by atoms with Crippen molar-refractivity contribution in [3.63, 3.8) is 0 Å². The largest absolute Gasteiger partial charge is 0.481 e. The third-order valence-electron chi connectivity index (χ3n) is 4.36. The zero-order valence-corrected chi connectivity index (χ0v) is 12.1. The standard InChI is InChI=1S/C16H21F2NO2/c1-10(11-6-7-14(17)15(18)8-11)19-9-12-4-2-3-5-13(12)16(20)21/h6-8,10,12-13,19H,2-5,9H2,1H3,(H,20,21). The number of carboxylic acid groups (broad SMARTS) is 1. The van der Waals surface area contributed by atoms with Crippen LogP contribution in [-0.4, -0.2) is 17.6 Å². The van der Waals surface area contributed by atoms with Crippen LogP contribution in [-0.2, 0) is 4.79 Å². The fraction of sp³-hybridized carbons (Fsp3) is 0.562. The van der Waals surface area contributed by atoms with Crippen molar-refractivity contribution in [2.45, 2.75) is 38.6 Å². The van der Waals surface area contributed by atoms with E-state index in [9.17, 15) is 18.7 Å². The van der Waals surface area contributed by atoms with Gasteiger partial charge in [0.15, 0.2) is 11.6 Å². The Morgan fingerprint density at radius 2 is 2.05 bits per heavy atom. The molecule has 1 fully saturated rings. The number of halogens is 2. The predicted octanol–water partition coefficient (Wildman–Crippen LogP) is 3.51. The molecule has 3 atom stereocenters. The summed E-state index contributed by atoms with van der Waals surface area (Å²) in [5, 5.41) is 12.5. The van der Waals surface area contributed by atoms with E-state index >= 15 is 0 Å². The fourth-order valence-electron chi connectivity index (χ4n) is 3.00. The average molecular weight is 297 g/mol. The molecule has 0 amide bonds. The van der Waals surface area contributed by atoms with Crippen LogP contribution in [0.2, 0.25) is 0 Å². The number of nitrogens with one attached hydrogen (secondary N) is 1. The number of benzene rings is 1. The van der Waals surface area contributed by atoms with Crippen LogP contribution in [0, 0.1) is 23.5 Å². The van der Waals surface area contributed by atoms with Gasteiger partial charge in [-0.1, -0.05) is 18.9 Å². The first kappa shape index (κ1) is 15.9. The van der Waals surface area contributed by atoms with Crippen LogP contribution in [0.4, 0.5) is 8.78 Å². The van der Waals surface area contributed by atoms with Gasteiger partial charge in [-0.15, -0.1) is 0 Å². The number of hydrogen-bond donors (Lipinski definition) is 2. The summed E-state index contributed by atoms with van der Waals surface area (Å²) in [5.74, 6) is -2.65. The number of rotatable bonds is 5. The first-order valence-corrected chi connectivity index (χ1v) is 7.40. The summed E-state index contributed by atoms with van der Waals surface area (Å²) < 4.78 is 26.1. The lowest BCUT2D eigenvalue weighted by atomic mass is 9.79. The van der Waals surface area contributed by atoms with Crippen LogP contribution in [0.3, 0.4) is 0 Å². The van der Waals surface area contributed by atoms with Crippen molar-refractivity contribution >= 4 is 5.97 Å². The highest BCUT2D eigenvalue weighted by Crippen LogP contribution is 2.30. The van der Waals surface area contributed by atoms with Crippen molar-refractivity contribution in [3.05, 3.63) is 35.4 Å². The van der Waals surface area contributed by atoms with E-state index in [2.05, 4.69) is 5.32 Å². The number of aliphatic carboxylic acids is 1. The SMILES string of the molecule is CC(NCC1CCCCC1C(=O)O)c1ccc(F)c(F)c1. The highest BCUT2D eigenvalue weighted by Gasteiger charge is 2.30. The lowest BCUT2D eigenvalue weighted by molar-refractivity contribution is -0.144. The van der Waals surface area contributed by atoms with E-state index in [1.54, 1.807) is 6.07 Å². The van der Waals surface area contributed by atoms with Crippen molar-refractivity contribution in [3.8, 4) is 0 Å². The molecule has 3 unspecified atom stereocenters.